The Balaban J connectivity index is 1.39. The van der Waals surface area contributed by atoms with E-state index in [0.717, 1.165) is 0 Å². The zero-order valence-electron chi connectivity index (χ0n) is 19.7. The third-order valence-electron chi connectivity index (χ3n) is 7.06. The number of imidazole rings is 1. The SMILES string of the molecule is CC1(c2ccc(Cl)cc2)C(=O)Nc2nc(-c3cn4ccnc4c(OC4CCC(F)(F)CC4)n3)nc(N)c21. The monoisotopic (exact) mass is 525 g/mol. The molecule has 0 bridgehead atoms. The average molecular weight is 526 g/mol. The van der Waals surface area contributed by atoms with Crippen LogP contribution in [-0.4, -0.2) is 42.3 Å². The number of amides is 1. The van der Waals surface area contributed by atoms with Gasteiger partial charge in [-0.05, 0) is 37.5 Å². The van der Waals surface area contributed by atoms with E-state index < -0.39 is 17.4 Å². The molecule has 4 heterocycles. The van der Waals surface area contributed by atoms with Crippen molar-refractivity contribution in [2.24, 2.45) is 0 Å². The molecular weight excluding hydrogens is 504 g/mol. The van der Waals surface area contributed by atoms with Gasteiger partial charge in [-0.1, -0.05) is 23.7 Å². The minimum absolute atomic E-state index is 0.125. The Morgan fingerprint density at radius 1 is 1.16 bits per heavy atom. The Bertz CT molecular complexity index is 1530. The summed E-state index contributed by atoms with van der Waals surface area (Å²) in [4.78, 5) is 31.0. The van der Waals surface area contributed by atoms with E-state index in [0.29, 0.717) is 27.5 Å². The van der Waals surface area contributed by atoms with Crippen molar-refractivity contribution in [3.8, 4) is 17.4 Å². The fourth-order valence-electron chi connectivity index (χ4n) is 4.96. The topological polar surface area (TPSA) is 120 Å². The lowest BCUT2D eigenvalue weighted by molar-refractivity contribution is -0.119. The largest absolute Gasteiger partial charge is 0.472 e. The van der Waals surface area contributed by atoms with Crippen molar-refractivity contribution < 1.29 is 18.3 Å². The van der Waals surface area contributed by atoms with Crippen LogP contribution in [-0.2, 0) is 10.2 Å². The Morgan fingerprint density at radius 2 is 1.89 bits per heavy atom. The van der Waals surface area contributed by atoms with Crippen molar-refractivity contribution in [3.05, 3.63) is 59.0 Å². The molecule has 1 amide bonds. The molecule has 190 valence electrons. The number of rotatable bonds is 4. The van der Waals surface area contributed by atoms with Crippen LogP contribution in [0.25, 0.3) is 17.2 Å². The normalized spacial score (nSPS) is 21.1. The maximum absolute atomic E-state index is 13.6. The quantitative estimate of drug-likeness (QED) is 0.398. The highest BCUT2D eigenvalue weighted by molar-refractivity contribution is 6.30. The number of fused-ring (bicyclic) bond motifs is 2. The van der Waals surface area contributed by atoms with Gasteiger partial charge in [0.25, 0.3) is 5.88 Å². The molecule has 1 aliphatic carbocycles. The van der Waals surface area contributed by atoms with Crippen molar-refractivity contribution in [2.75, 3.05) is 11.1 Å². The molecule has 0 radical (unpaired) electrons. The molecule has 4 aromatic rings. The molecular formula is C25H22ClF2N7O2. The van der Waals surface area contributed by atoms with E-state index in [2.05, 4.69) is 25.3 Å². The van der Waals surface area contributed by atoms with Crippen molar-refractivity contribution in [1.29, 1.82) is 0 Å². The molecule has 1 atom stereocenters. The number of ether oxygens (including phenoxy) is 1. The zero-order valence-corrected chi connectivity index (χ0v) is 20.5. The summed E-state index contributed by atoms with van der Waals surface area (Å²) < 4.78 is 34.9. The number of alkyl halides is 2. The molecule has 37 heavy (non-hydrogen) atoms. The number of nitrogens with two attached hydrogens (primary N) is 1. The molecule has 1 unspecified atom stereocenters. The second-order valence-corrected chi connectivity index (χ2v) is 9.94. The van der Waals surface area contributed by atoms with Gasteiger partial charge in [0.2, 0.25) is 17.5 Å². The highest BCUT2D eigenvalue weighted by Gasteiger charge is 2.47. The van der Waals surface area contributed by atoms with Crippen molar-refractivity contribution in [3.63, 3.8) is 0 Å². The molecule has 3 N–H and O–H groups in total. The van der Waals surface area contributed by atoms with E-state index in [9.17, 15) is 13.6 Å². The van der Waals surface area contributed by atoms with Crippen LogP contribution in [0.15, 0.2) is 42.9 Å². The summed E-state index contributed by atoms with van der Waals surface area (Å²) in [6.45, 7) is 1.76. The predicted octanol–water partition coefficient (Wildman–Crippen LogP) is 4.64. The fraction of sp³-hybridized carbons (Fsp3) is 0.320. The number of benzene rings is 1. The van der Waals surface area contributed by atoms with Gasteiger partial charge < -0.3 is 20.2 Å². The Morgan fingerprint density at radius 3 is 2.62 bits per heavy atom. The number of carbonyl (C=O) groups is 1. The molecule has 1 fully saturated rings. The van der Waals surface area contributed by atoms with Crippen LogP contribution in [0.5, 0.6) is 5.88 Å². The Kier molecular flexibility index (Phi) is 5.30. The predicted molar refractivity (Wildman–Crippen MR) is 133 cm³/mol. The second kappa shape index (κ2) is 8.34. The lowest BCUT2D eigenvalue weighted by atomic mass is 9.78. The van der Waals surface area contributed by atoms with E-state index in [1.54, 1.807) is 54.2 Å². The lowest BCUT2D eigenvalue weighted by Crippen LogP contribution is -2.32. The van der Waals surface area contributed by atoms with E-state index in [4.69, 9.17) is 22.1 Å². The van der Waals surface area contributed by atoms with Gasteiger partial charge in [-0.2, -0.15) is 0 Å². The summed E-state index contributed by atoms with van der Waals surface area (Å²) >= 11 is 6.03. The fourth-order valence-corrected chi connectivity index (χ4v) is 5.09. The van der Waals surface area contributed by atoms with Gasteiger partial charge in [0.15, 0.2) is 5.82 Å². The molecule has 1 saturated carbocycles. The molecule has 1 aromatic carbocycles. The molecule has 9 nitrogen and oxygen atoms in total. The summed E-state index contributed by atoms with van der Waals surface area (Å²) in [5, 5.41) is 3.37. The number of nitrogens with zero attached hydrogens (tertiary/aromatic N) is 5. The van der Waals surface area contributed by atoms with Crippen LogP contribution in [0, 0.1) is 0 Å². The molecule has 2 aliphatic rings. The first-order valence-corrected chi connectivity index (χ1v) is 12.2. The average Bonchev–Trinajstić information content (AvgIpc) is 3.44. The van der Waals surface area contributed by atoms with Crippen LogP contribution in [0.3, 0.4) is 0 Å². The lowest BCUT2D eigenvalue weighted by Gasteiger charge is -2.28. The van der Waals surface area contributed by atoms with Crippen LogP contribution in [0.4, 0.5) is 20.4 Å². The smallest absolute Gasteiger partial charge is 0.259 e. The standard InChI is InChI=1S/C25H22ClF2N7O2/c1-24(13-2-4-14(26)5-3-13)17-18(29)32-19(33-20(17)34-23(24)36)16-12-35-11-10-30-21(35)22(31-16)37-15-6-8-25(27,28)9-7-15/h2-5,10-12,15H,6-9H2,1H3,(H3,29,32,33,34,36). The first kappa shape index (κ1) is 23.5. The summed E-state index contributed by atoms with van der Waals surface area (Å²) in [5.41, 5.74) is 7.22. The van der Waals surface area contributed by atoms with Gasteiger partial charge in [0.1, 0.15) is 28.8 Å². The molecule has 12 heteroatoms. The first-order chi connectivity index (χ1) is 17.6. The van der Waals surface area contributed by atoms with Gasteiger partial charge in [-0.3, -0.25) is 4.79 Å². The third kappa shape index (κ3) is 3.93. The van der Waals surface area contributed by atoms with Crippen LogP contribution < -0.4 is 15.8 Å². The molecule has 0 spiro atoms. The number of carbonyl (C=O) groups excluding carboxylic acids is 1. The van der Waals surface area contributed by atoms with Crippen LogP contribution in [0.1, 0.15) is 43.7 Å². The van der Waals surface area contributed by atoms with Crippen LogP contribution in [0.2, 0.25) is 5.02 Å². The molecule has 3 aromatic heterocycles. The van der Waals surface area contributed by atoms with Gasteiger partial charge in [0, 0.05) is 36.5 Å². The van der Waals surface area contributed by atoms with Gasteiger partial charge >= 0.3 is 0 Å². The van der Waals surface area contributed by atoms with E-state index >= 15 is 0 Å². The number of halogens is 3. The Hall–Kier alpha value is -3.86. The van der Waals surface area contributed by atoms with E-state index in [-0.39, 0.29) is 54.9 Å². The number of hydrogen-bond donors (Lipinski definition) is 2. The Labute approximate surface area is 215 Å². The first-order valence-electron chi connectivity index (χ1n) is 11.8. The van der Waals surface area contributed by atoms with E-state index in [1.165, 1.54) is 0 Å². The van der Waals surface area contributed by atoms with Crippen molar-refractivity contribution in [2.45, 2.75) is 50.0 Å². The van der Waals surface area contributed by atoms with Gasteiger partial charge in [0.05, 0.1) is 5.56 Å². The van der Waals surface area contributed by atoms with Crippen molar-refractivity contribution in [1.82, 2.24) is 24.3 Å². The maximum atomic E-state index is 13.6. The summed E-state index contributed by atoms with van der Waals surface area (Å²) in [6, 6.07) is 6.95. The minimum atomic E-state index is -2.67. The van der Waals surface area contributed by atoms with Gasteiger partial charge in [-0.25, -0.2) is 28.7 Å². The highest BCUT2D eigenvalue weighted by atomic mass is 35.5. The van der Waals surface area contributed by atoms with Crippen LogP contribution >= 0.6 is 11.6 Å². The second-order valence-electron chi connectivity index (χ2n) is 9.50. The molecule has 6 rings (SSSR count). The zero-order chi connectivity index (χ0) is 25.9. The molecule has 1 aliphatic heterocycles. The summed E-state index contributed by atoms with van der Waals surface area (Å²) in [5.74, 6) is -2.18. The number of hydrogen-bond acceptors (Lipinski definition) is 7. The van der Waals surface area contributed by atoms with Gasteiger partial charge in [-0.15, -0.1) is 0 Å². The summed E-state index contributed by atoms with van der Waals surface area (Å²) in [6.07, 6.45) is 4.50. The highest BCUT2D eigenvalue weighted by Crippen LogP contribution is 2.45. The molecule has 0 saturated heterocycles. The third-order valence-corrected chi connectivity index (χ3v) is 7.31. The maximum Gasteiger partial charge on any atom is 0.259 e. The number of aromatic nitrogens is 5. The van der Waals surface area contributed by atoms with Crippen molar-refractivity contribution >= 4 is 34.8 Å². The summed E-state index contributed by atoms with van der Waals surface area (Å²) in [7, 11) is 0. The van der Waals surface area contributed by atoms with E-state index in [1.807, 2.05) is 0 Å². The number of anilines is 2. The number of nitrogen functional groups attached to an aromatic ring is 1. The number of nitrogens with one attached hydrogen (secondary N) is 1. The minimum Gasteiger partial charge on any atom is -0.472 e.